The Morgan fingerprint density at radius 1 is 1.28 bits per heavy atom. The highest BCUT2D eigenvalue weighted by molar-refractivity contribution is 9.10. The molecule has 0 saturated carbocycles. The lowest BCUT2D eigenvalue weighted by Crippen LogP contribution is -1.97. The van der Waals surface area contributed by atoms with E-state index in [1.54, 1.807) is 18.2 Å². The molecule has 3 nitrogen and oxygen atoms in total. The Morgan fingerprint density at radius 3 is 2.72 bits per heavy atom. The number of rotatable bonds is 3. The molecule has 0 aliphatic rings. The lowest BCUT2D eigenvalue weighted by molar-refractivity contribution is 0.456. The van der Waals surface area contributed by atoms with Crippen LogP contribution in [0.5, 0.6) is 11.6 Å². The summed E-state index contributed by atoms with van der Waals surface area (Å²) >= 11 is 3.11. The summed E-state index contributed by atoms with van der Waals surface area (Å²) in [5.41, 5.74) is 0.915. The van der Waals surface area contributed by atoms with Crippen molar-refractivity contribution in [3.05, 3.63) is 46.1 Å². The van der Waals surface area contributed by atoms with E-state index < -0.39 is 0 Å². The van der Waals surface area contributed by atoms with Gasteiger partial charge in [0.2, 0.25) is 5.88 Å². The van der Waals surface area contributed by atoms with Gasteiger partial charge in [-0.25, -0.2) is 9.37 Å². The molecule has 0 N–H and O–H groups in total. The SMILES string of the molecule is CCc1cc(Oc2ccc(F)c(Br)c2)nc(C)n1. The van der Waals surface area contributed by atoms with E-state index >= 15 is 0 Å². The van der Waals surface area contributed by atoms with Crippen LogP contribution in [0.3, 0.4) is 0 Å². The summed E-state index contributed by atoms with van der Waals surface area (Å²) in [5, 5.41) is 0. The third-order valence-electron chi connectivity index (χ3n) is 2.34. The van der Waals surface area contributed by atoms with Crippen LogP contribution in [0.25, 0.3) is 0 Å². The fourth-order valence-corrected chi connectivity index (χ4v) is 1.85. The van der Waals surface area contributed by atoms with Gasteiger partial charge in [0, 0.05) is 11.8 Å². The Labute approximate surface area is 113 Å². The van der Waals surface area contributed by atoms with E-state index in [1.165, 1.54) is 6.07 Å². The fourth-order valence-electron chi connectivity index (χ4n) is 1.49. The number of aromatic nitrogens is 2. The van der Waals surface area contributed by atoms with Crippen molar-refractivity contribution in [3.8, 4) is 11.6 Å². The van der Waals surface area contributed by atoms with Gasteiger partial charge in [-0.2, -0.15) is 4.98 Å². The number of ether oxygens (including phenoxy) is 1. The quantitative estimate of drug-likeness (QED) is 0.858. The average molecular weight is 311 g/mol. The molecule has 18 heavy (non-hydrogen) atoms. The lowest BCUT2D eigenvalue weighted by atomic mass is 10.3. The molecule has 1 aromatic heterocycles. The summed E-state index contributed by atoms with van der Waals surface area (Å²) in [6.45, 7) is 3.83. The summed E-state index contributed by atoms with van der Waals surface area (Å²) in [4.78, 5) is 8.45. The average Bonchev–Trinajstić information content (AvgIpc) is 2.33. The molecule has 0 saturated heterocycles. The van der Waals surface area contributed by atoms with Gasteiger partial charge in [0.05, 0.1) is 4.47 Å². The standard InChI is InChI=1S/C13H12BrFN2O/c1-3-9-6-13(17-8(2)16-9)18-10-4-5-12(15)11(14)7-10/h4-7H,3H2,1-2H3. The van der Waals surface area contributed by atoms with Crippen molar-refractivity contribution in [2.24, 2.45) is 0 Å². The highest BCUT2D eigenvalue weighted by Gasteiger charge is 2.05. The van der Waals surface area contributed by atoms with Crippen molar-refractivity contribution < 1.29 is 9.13 Å². The van der Waals surface area contributed by atoms with E-state index in [4.69, 9.17) is 4.74 Å². The van der Waals surface area contributed by atoms with Crippen LogP contribution < -0.4 is 4.74 Å². The third kappa shape index (κ3) is 3.04. The van der Waals surface area contributed by atoms with Gasteiger partial charge in [-0.1, -0.05) is 6.92 Å². The Bertz CT molecular complexity index is 575. The van der Waals surface area contributed by atoms with Gasteiger partial charge in [-0.05, 0) is 47.5 Å². The maximum Gasteiger partial charge on any atom is 0.222 e. The molecular weight excluding hydrogens is 299 g/mol. The predicted octanol–water partition coefficient (Wildman–Crippen LogP) is 4.04. The molecule has 0 radical (unpaired) electrons. The molecule has 2 aromatic rings. The summed E-state index contributed by atoms with van der Waals surface area (Å²) in [6, 6.07) is 6.25. The van der Waals surface area contributed by atoms with E-state index in [0.717, 1.165) is 12.1 Å². The molecule has 0 amide bonds. The first kappa shape index (κ1) is 13.0. The number of nitrogens with zero attached hydrogens (tertiary/aromatic N) is 2. The third-order valence-corrected chi connectivity index (χ3v) is 2.95. The second-order valence-corrected chi connectivity index (χ2v) is 4.63. The second-order valence-electron chi connectivity index (χ2n) is 3.78. The Morgan fingerprint density at radius 2 is 2.06 bits per heavy atom. The highest BCUT2D eigenvalue weighted by Crippen LogP contribution is 2.25. The van der Waals surface area contributed by atoms with Crippen molar-refractivity contribution in [1.29, 1.82) is 0 Å². The van der Waals surface area contributed by atoms with Gasteiger partial charge in [0.1, 0.15) is 17.4 Å². The zero-order chi connectivity index (χ0) is 13.1. The Hall–Kier alpha value is -1.49. The Kier molecular flexibility index (Phi) is 3.91. The van der Waals surface area contributed by atoms with Crippen LogP contribution in [0.2, 0.25) is 0 Å². The van der Waals surface area contributed by atoms with E-state index in [0.29, 0.717) is 21.9 Å². The van der Waals surface area contributed by atoms with Gasteiger partial charge in [0.25, 0.3) is 0 Å². The minimum atomic E-state index is -0.324. The molecule has 2 rings (SSSR count). The van der Waals surface area contributed by atoms with Gasteiger partial charge < -0.3 is 4.74 Å². The molecule has 0 bridgehead atoms. The summed E-state index contributed by atoms with van der Waals surface area (Å²) < 4.78 is 19.0. The van der Waals surface area contributed by atoms with Crippen molar-refractivity contribution in [1.82, 2.24) is 9.97 Å². The molecule has 1 heterocycles. The van der Waals surface area contributed by atoms with Crippen LogP contribution in [0.1, 0.15) is 18.4 Å². The first-order valence-electron chi connectivity index (χ1n) is 5.56. The van der Waals surface area contributed by atoms with Crippen molar-refractivity contribution in [2.75, 3.05) is 0 Å². The zero-order valence-corrected chi connectivity index (χ0v) is 11.7. The maximum atomic E-state index is 13.1. The van der Waals surface area contributed by atoms with E-state index in [9.17, 15) is 4.39 Å². The van der Waals surface area contributed by atoms with Gasteiger partial charge >= 0.3 is 0 Å². The van der Waals surface area contributed by atoms with Gasteiger partial charge in [-0.3, -0.25) is 0 Å². The monoisotopic (exact) mass is 310 g/mol. The van der Waals surface area contributed by atoms with Crippen molar-refractivity contribution >= 4 is 15.9 Å². The van der Waals surface area contributed by atoms with Crippen LogP contribution in [0.15, 0.2) is 28.7 Å². The minimum absolute atomic E-state index is 0.324. The minimum Gasteiger partial charge on any atom is -0.439 e. The van der Waals surface area contributed by atoms with E-state index in [2.05, 4.69) is 25.9 Å². The van der Waals surface area contributed by atoms with Crippen LogP contribution in [0, 0.1) is 12.7 Å². The van der Waals surface area contributed by atoms with Crippen LogP contribution in [-0.2, 0) is 6.42 Å². The molecule has 0 aliphatic carbocycles. The molecule has 0 atom stereocenters. The smallest absolute Gasteiger partial charge is 0.222 e. The number of hydrogen-bond donors (Lipinski definition) is 0. The van der Waals surface area contributed by atoms with Crippen molar-refractivity contribution in [2.45, 2.75) is 20.3 Å². The second kappa shape index (κ2) is 5.44. The fraction of sp³-hybridized carbons (Fsp3) is 0.231. The van der Waals surface area contributed by atoms with Crippen LogP contribution in [-0.4, -0.2) is 9.97 Å². The summed E-state index contributed by atoms with van der Waals surface area (Å²) in [6.07, 6.45) is 0.812. The number of halogens is 2. The topological polar surface area (TPSA) is 35.0 Å². The highest BCUT2D eigenvalue weighted by atomic mass is 79.9. The Balaban J connectivity index is 2.27. The maximum absolute atomic E-state index is 13.1. The number of aryl methyl sites for hydroxylation is 2. The van der Waals surface area contributed by atoms with Crippen LogP contribution >= 0.6 is 15.9 Å². The molecular formula is C13H12BrFN2O. The molecule has 0 spiro atoms. The van der Waals surface area contributed by atoms with Crippen LogP contribution in [0.4, 0.5) is 4.39 Å². The largest absolute Gasteiger partial charge is 0.439 e. The van der Waals surface area contributed by atoms with E-state index in [-0.39, 0.29) is 5.82 Å². The van der Waals surface area contributed by atoms with Gasteiger partial charge in [0.15, 0.2) is 0 Å². The first-order chi connectivity index (χ1) is 8.58. The van der Waals surface area contributed by atoms with Gasteiger partial charge in [-0.15, -0.1) is 0 Å². The number of benzene rings is 1. The summed E-state index contributed by atoms with van der Waals surface area (Å²) in [5.74, 6) is 1.34. The predicted molar refractivity (Wildman–Crippen MR) is 70.3 cm³/mol. The van der Waals surface area contributed by atoms with Crippen molar-refractivity contribution in [3.63, 3.8) is 0 Å². The first-order valence-corrected chi connectivity index (χ1v) is 6.35. The molecule has 94 valence electrons. The lowest BCUT2D eigenvalue weighted by Gasteiger charge is -2.07. The molecule has 0 aliphatic heterocycles. The number of hydrogen-bond acceptors (Lipinski definition) is 3. The summed E-state index contributed by atoms with van der Waals surface area (Å²) in [7, 11) is 0. The molecule has 0 fully saturated rings. The molecule has 5 heteroatoms. The molecule has 0 unspecified atom stereocenters. The van der Waals surface area contributed by atoms with E-state index in [1.807, 2.05) is 13.8 Å². The molecule has 1 aromatic carbocycles. The normalized spacial score (nSPS) is 10.4. The zero-order valence-electron chi connectivity index (χ0n) is 10.1.